The predicted octanol–water partition coefficient (Wildman–Crippen LogP) is 3.59. The van der Waals surface area contributed by atoms with Gasteiger partial charge < -0.3 is 0 Å². The van der Waals surface area contributed by atoms with Crippen molar-refractivity contribution in [1.29, 1.82) is 0 Å². The molecule has 1 aromatic rings. The van der Waals surface area contributed by atoms with E-state index >= 15 is 0 Å². The number of benzene rings is 1. The van der Waals surface area contributed by atoms with E-state index in [1.54, 1.807) is 0 Å². The van der Waals surface area contributed by atoms with E-state index in [0.717, 1.165) is 12.8 Å². The molecule has 12 heavy (non-hydrogen) atoms. The molecular formula is C12H16. The van der Waals surface area contributed by atoms with Gasteiger partial charge in [-0.05, 0) is 25.3 Å². The summed E-state index contributed by atoms with van der Waals surface area (Å²) in [7, 11) is 0. The van der Waals surface area contributed by atoms with Crippen molar-refractivity contribution in [2.45, 2.75) is 26.7 Å². The fraction of sp³-hybridized carbons (Fsp3) is 0.333. The lowest BCUT2D eigenvalue weighted by molar-refractivity contribution is 1.07. The van der Waals surface area contributed by atoms with Gasteiger partial charge in [-0.1, -0.05) is 48.9 Å². The van der Waals surface area contributed by atoms with Crippen LogP contribution in [0.4, 0.5) is 0 Å². The monoisotopic (exact) mass is 160 g/mol. The third kappa shape index (κ3) is 2.91. The maximum atomic E-state index is 2.30. The topological polar surface area (TPSA) is 0 Å². The zero-order valence-electron chi connectivity index (χ0n) is 7.88. The third-order valence-electron chi connectivity index (χ3n) is 2.09. The molecule has 0 aliphatic carbocycles. The minimum atomic E-state index is 1.07. The molecule has 0 aliphatic rings. The summed E-state index contributed by atoms with van der Waals surface area (Å²) in [6, 6.07) is 10.6. The molecule has 0 fully saturated rings. The van der Waals surface area contributed by atoms with Crippen LogP contribution in [0.1, 0.15) is 25.8 Å². The molecule has 1 aromatic carbocycles. The van der Waals surface area contributed by atoms with Gasteiger partial charge in [-0.15, -0.1) is 0 Å². The Morgan fingerprint density at radius 3 is 2.50 bits per heavy atom. The van der Waals surface area contributed by atoms with Crippen LogP contribution < -0.4 is 0 Å². The van der Waals surface area contributed by atoms with Gasteiger partial charge in [0, 0.05) is 0 Å². The molecule has 0 unspecified atom stereocenters. The van der Waals surface area contributed by atoms with Gasteiger partial charge >= 0.3 is 0 Å². The van der Waals surface area contributed by atoms with Gasteiger partial charge in [0.1, 0.15) is 0 Å². The Bertz CT molecular complexity index is 244. The molecule has 0 heterocycles. The summed E-state index contributed by atoms with van der Waals surface area (Å²) in [6.07, 6.45) is 4.53. The summed E-state index contributed by atoms with van der Waals surface area (Å²) in [5, 5.41) is 0. The maximum Gasteiger partial charge on any atom is -0.00949 e. The summed E-state index contributed by atoms with van der Waals surface area (Å²) >= 11 is 0. The van der Waals surface area contributed by atoms with Gasteiger partial charge in [0.15, 0.2) is 0 Å². The zero-order chi connectivity index (χ0) is 8.81. The van der Waals surface area contributed by atoms with Crippen molar-refractivity contribution < 1.29 is 0 Å². The normalized spacial score (nSPS) is 11.7. The van der Waals surface area contributed by atoms with Crippen LogP contribution in [0.15, 0.2) is 42.0 Å². The van der Waals surface area contributed by atoms with Gasteiger partial charge in [0.25, 0.3) is 0 Å². The highest BCUT2D eigenvalue weighted by molar-refractivity contribution is 5.18. The molecule has 0 saturated carbocycles. The van der Waals surface area contributed by atoms with Crippen molar-refractivity contribution in [2.24, 2.45) is 0 Å². The molecule has 0 bridgehead atoms. The van der Waals surface area contributed by atoms with E-state index in [4.69, 9.17) is 0 Å². The largest absolute Gasteiger partial charge is 0.0812 e. The van der Waals surface area contributed by atoms with Crippen molar-refractivity contribution in [3.8, 4) is 0 Å². The third-order valence-corrected chi connectivity index (χ3v) is 2.09. The van der Waals surface area contributed by atoms with Crippen LogP contribution in [0, 0.1) is 0 Å². The van der Waals surface area contributed by atoms with Gasteiger partial charge in [-0.3, -0.25) is 0 Å². The molecule has 0 N–H and O–H groups in total. The van der Waals surface area contributed by atoms with Crippen molar-refractivity contribution >= 4 is 0 Å². The number of hydrogen-bond acceptors (Lipinski definition) is 0. The summed E-state index contributed by atoms with van der Waals surface area (Å²) in [5.41, 5.74) is 2.86. The Labute approximate surface area is 74.9 Å². The molecule has 64 valence electrons. The van der Waals surface area contributed by atoms with E-state index in [2.05, 4.69) is 50.3 Å². The molecule has 0 heteroatoms. The van der Waals surface area contributed by atoms with Crippen molar-refractivity contribution in [1.82, 2.24) is 0 Å². The van der Waals surface area contributed by atoms with Crippen molar-refractivity contribution in [3.63, 3.8) is 0 Å². The van der Waals surface area contributed by atoms with Crippen LogP contribution in [0.2, 0.25) is 0 Å². The molecule has 1 rings (SSSR count). The summed E-state index contributed by atoms with van der Waals surface area (Å²) < 4.78 is 0. The Balaban J connectivity index is 2.54. The van der Waals surface area contributed by atoms with Crippen molar-refractivity contribution in [2.75, 3.05) is 0 Å². The number of allylic oxidation sites excluding steroid dienone is 2. The fourth-order valence-electron chi connectivity index (χ4n) is 1.05. The molecule has 0 radical (unpaired) electrons. The van der Waals surface area contributed by atoms with Crippen LogP contribution in [0.3, 0.4) is 0 Å². The highest BCUT2D eigenvalue weighted by Crippen LogP contribution is 2.04. The standard InChI is InChI=1S/C12H16/c1-3-11(2)9-10-12-7-5-4-6-8-12/h4-9H,3,10H2,1-2H3/b11-9-. The van der Waals surface area contributed by atoms with Crippen molar-refractivity contribution in [3.05, 3.63) is 47.5 Å². The molecule has 0 aromatic heterocycles. The minimum Gasteiger partial charge on any atom is -0.0812 e. The predicted molar refractivity (Wildman–Crippen MR) is 54.2 cm³/mol. The second-order valence-corrected chi connectivity index (χ2v) is 3.09. The summed E-state index contributed by atoms with van der Waals surface area (Å²) in [6.45, 7) is 4.37. The van der Waals surface area contributed by atoms with E-state index in [1.807, 2.05) is 0 Å². The fourth-order valence-corrected chi connectivity index (χ4v) is 1.05. The SMILES string of the molecule is CC/C(C)=C\Cc1ccccc1. The van der Waals surface area contributed by atoms with Crippen LogP contribution in [0.5, 0.6) is 0 Å². The Kier molecular flexibility index (Phi) is 3.59. The Morgan fingerprint density at radius 2 is 1.92 bits per heavy atom. The first kappa shape index (κ1) is 9.05. The average molecular weight is 160 g/mol. The Hall–Kier alpha value is -1.04. The molecule has 0 amide bonds. The first-order chi connectivity index (χ1) is 5.83. The second kappa shape index (κ2) is 4.76. The maximum absolute atomic E-state index is 2.30. The second-order valence-electron chi connectivity index (χ2n) is 3.09. The van der Waals surface area contributed by atoms with Crippen LogP contribution in [-0.4, -0.2) is 0 Å². The van der Waals surface area contributed by atoms with Crippen LogP contribution in [0.25, 0.3) is 0 Å². The van der Waals surface area contributed by atoms with Crippen LogP contribution in [-0.2, 0) is 6.42 Å². The molecule has 0 spiro atoms. The van der Waals surface area contributed by atoms with E-state index in [-0.39, 0.29) is 0 Å². The van der Waals surface area contributed by atoms with Gasteiger partial charge in [-0.2, -0.15) is 0 Å². The number of hydrogen-bond donors (Lipinski definition) is 0. The molecule has 0 nitrogen and oxygen atoms in total. The molecule has 0 saturated heterocycles. The average Bonchev–Trinajstić information content (AvgIpc) is 2.16. The summed E-state index contributed by atoms with van der Waals surface area (Å²) in [5.74, 6) is 0. The van der Waals surface area contributed by atoms with E-state index in [1.165, 1.54) is 11.1 Å². The number of rotatable bonds is 3. The lowest BCUT2D eigenvalue weighted by Crippen LogP contribution is -1.80. The first-order valence-corrected chi connectivity index (χ1v) is 4.52. The highest BCUT2D eigenvalue weighted by Gasteiger charge is 1.87. The van der Waals surface area contributed by atoms with Gasteiger partial charge in [0.05, 0.1) is 0 Å². The minimum absolute atomic E-state index is 1.07. The molecular weight excluding hydrogens is 144 g/mol. The first-order valence-electron chi connectivity index (χ1n) is 4.52. The van der Waals surface area contributed by atoms with E-state index < -0.39 is 0 Å². The van der Waals surface area contributed by atoms with Gasteiger partial charge in [-0.25, -0.2) is 0 Å². The lowest BCUT2D eigenvalue weighted by atomic mass is 10.1. The lowest BCUT2D eigenvalue weighted by Gasteiger charge is -1.97. The highest BCUT2D eigenvalue weighted by atomic mass is 13.9. The smallest absolute Gasteiger partial charge is 0.00949 e. The zero-order valence-corrected chi connectivity index (χ0v) is 7.88. The van der Waals surface area contributed by atoms with Crippen LogP contribution >= 0.6 is 0 Å². The molecule has 0 atom stereocenters. The molecule has 0 aliphatic heterocycles. The Morgan fingerprint density at radius 1 is 1.25 bits per heavy atom. The quantitative estimate of drug-likeness (QED) is 0.593. The van der Waals surface area contributed by atoms with Gasteiger partial charge in [0.2, 0.25) is 0 Å². The van der Waals surface area contributed by atoms with E-state index in [9.17, 15) is 0 Å². The summed E-state index contributed by atoms with van der Waals surface area (Å²) in [4.78, 5) is 0. The van der Waals surface area contributed by atoms with E-state index in [0.29, 0.717) is 0 Å².